The molecule has 37 heavy (non-hydrogen) atoms. The molecule has 1 aliphatic rings. The molecule has 0 fully saturated rings. The number of anilines is 1. The van der Waals surface area contributed by atoms with Crippen molar-refractivity contribution in [3.63, 3.8) is 0 Å². The molecule has 1 atom stereocenters. The summed E-state index contributed by atoms with van der Waals surface area (Å²) in [6, 6.07) is 23.3. The molecule has 0 aliphatic carbocycles. The number of nitrogens with one attached hydrogen (secondary N) is 2. The Morgan fingerprint density at radius 1 is 0.946 bits per heavy atom. The summed E-state index contributed by atoms with van der Waals surface area (Å²) in [5, 5.41) is 5.67. The van der Waals surface area contributed by atoms with Gasteiger partial charge in [-0.2, -0.15) is 0 Å². The van der Waals surface area contributed by atoms with Crippen molar-refractivity contribution in [3.05, 3.63) is 101 Å². The topological polar surface area (TPSA) is 114 Å². The average molecular weight is 501 g/mol. The van der Waals surface area contributed by atoms with E-state index in [0.717, 1.165) is 16.7 Å². The first kappa shape index (κ1) is 26.1. The first-order valence-electron chi connectivity index (χ1n) is 12.2. The Hall–Kier alpha value is -4.01. The molecule has 8 nitrogen and oxygen atoms in total. The number of carbonyl (C=O) groups excluding carboxylic acids is 3. The van der Waals surface area contributed by atoms with Crippen molar-refractivity contribution in [2.24, 2.45) is 5.73 Å². The summed E-state index contributed by atoms with van der Waals surface area (Å²) < 4.78 is 5.81. The second-order valence-electron chi connectivity index (χ2n) is 9.75. The minimum Gasteiger partial charge on any atom is -0.374 e. The minimum absolute atomic E-state index is 0.0147. The molecule has 1 heterocycles. The second-order valence-corrected chi connectivity index (χ2v) is 9.75. The van der Waals surface area contributed by atoms with Gasteiger partial charge in [0.2, 0.25) is 11.8 Å². The van der Waals surface area contributed by atoms with Gasteiger partial charge in [-0.15, -0.1) is 0 Å². The molecule has 3 aromatic carbocycles. The summed E-state index contributed by atoms with van der Waals surface area (Å²) in [6.45, 7) is 4.27. The van der Waals surface area contributed by atoms with Crippen LogP contribution in [-0.4, -0.2) is 40.8 Å². The van der Waals surface area contributed by atoms with Crippen molar-refractivity contribution in [2.45, 2.75) is 45.1 Å². The molecular formula is C29H32N4O4. The van der Waals surface area contributed by atoms with Gasteiger partial charge in [0, 0.05) is 24.3 Å². The van der Waals surface area contributed by atoms with Crippen LogP contribution in [0.25, 0.3) is 0 Å². The van der Waals surface area contributed by atoms with Crippen LogP contribution in [0.4, 0.5) is 5.69 Å². The van der Waals surface area contributed by atoms with Crippen molar-refractivity contribution in [2.75, 3.05) is 11.9 Å². The van der Waals surface area contributed by atoms with Crippen molar-refractivity contribution in [3.8, 4) is 0 Å². The zero-order chi connectivity index (χ0) is 26.4. The van der Waals surface area contributed by atoms with E-state index < -0.39 is 17.5 Å². The number of rotatable bonds is 9. The van der Waals surface area contributed by atoms with Gasteiger partial charge in [0.1, 0.15) is 6.04 Å². The molecule has 0 aromatic heterocycles. The lowest BCUT2D eigenvalue weighted by molar-refractivity contribution is -0.140. The summed E-state index contributed by atoms with van der Waals surface area (Å²) >= 11 is 0. The third-order valence-electron chi connectivity index (χ3n) is 6.12. The Balaban J connectivity index is 1.42. The molecule has 3 aromatic rings. The number of hydrogen-bond donors (Lipinski definition) is 3. The average Bonchev–Trinajstić information content (AvgIpc) is 3.31. The van der Waals surface area contributed by atoms with E-state index in [4.69, 9.17) is 10.5 Å². The summed E-state index contributed by atoms with van der Waals surface area (Å²) in [5.41, 5.74) is 8.93. The van der Waals surface area contributed by atoms with E-state index in [0.29, 0.717) is 30.9 Å². The summed E-state index contributed by atoms with van der Waals surface area (Å²) in [6.07, 6.45) is 0. The predicted molar refractivity (Wildman–Crippen MR) is 141 cm³/mol. The van der Waals surface area contributed by atoms with Gasteiger partial charge < -0.3 is 26.0 Å². The van der Waals surface area contributed by atoms with Gasteiger partial charge in [0.05, 0.1) is 18.8 Å². The lowest BCUT2D eigenvalue weighted by Crippen LogP contribution is -2.57. The van der Waals surface area contributed by atoms with Gasteiger partial charge in [0.25, 0.3) is 5.91 Å². The summed E-state index contributed by atoms with van der Waals surface area (Å²) in [7, 11) is 0. The maximum absolute atomic E-state index is 13.5. The Morgan fingerprint density at radius 3 is 2.27 bits per heavy atom. The number of amides is 3. The van der Waals surface area contributed by atoms with Crippen LogP contribution in [0.2, 0.25) is 0 Å². The molecule has 0 saturated carbocycles. The smallest absolute Gasteiger partial charge is 0.255 e. The zero-order valence-electron chi connectivity index (χ0n) is 21.1. The number of benzene rings is 3. The number of fused-ring (bicyclic) bond motifs is 1. The highest BCUT2D eigenvalue weighted by atomic mass is 16.5. The second kappa shape index (κ2) is 11.4. The molecule has 8 heteroatoms. The number of nitrogens with zero attached hydrogens (tertiary/aromatic N) is 1. The molecule has 3 amide bonds. The maximum Gasteiger partial charge on any atom is 0.255 e. The molecule has 0 bridgehead atoms. The molecule has 1 aliphatic heterocycles. The van der Waals surface area contributed by atoms with Gasteiger partial charge in [-0.3, -0.25) is 14.4 Å². The Kier molecular flexibility index (Phi) is 8.01. The van der Waals surface area contributed by atoms with Gasteiger partial charge in [0.15, 0.2) is 0 Å². The van der Waals surface area contributed by atoms with E-state index in [9.17, 15) is 14.4 Å². The fraction of sp³-hybridized carbons (Fsp3) is 0.276. The Morgan fingerprint density at radius 2 is 1.59 bits per heavy atom. The summed E-state index contributed by atoms with van der Waals surface area (Å²) in [5.74, 6) is -0.886. The van der Waals surface area contributed by atoms with E-state index in [1.165, 1.54) is 0 Å². The van der Waals surface area contributed by atoms with Gasteiger partial charge >= 0.3 is 0 Å². The molecule has 4 rings (SSSR count). The van der Waals surface area contributed by atoms with E-state index in [1.54, 1.807) is 30.9 Å². The highest BCUT2D eigenvalue weighted by Crippen LogP contribution is 2.27. The molecule has 0 saturated heterocycles. The van der Waals surface area contributed by atoms with Gasteiger partial charge in [-0.25, -0.2) is 0 Å². The van der Waals surface area contributed by atoms with Crippen LogP contribution in [0.15, 0.2) is 78.9 Å². The van der Waals surface area contributed by atoms with Crippen molar-refractivity contribution in [1.29, 1.82) is 0 Å². The highest BCUT2D eigenvalue weighted by Gasteiger charge is 2.33. The minimum atomic E-state index is -1.14. The van der Waals surface area contributed by atoms with Gasteiger partial charge in [-0.05, 0) is 54.8 Å². The van der Waals surface area contributed by atoms with E-state index >= 15 is 0 Å². The number of carbonyl (C=O) groups is 3. The quantitative estimate of drug-likeness (QED) is 0.418. The standard InChI is InChI=1S/C29H32N4O4/c1-29(2,30)28(36)32-25(19-37-18-20-9-5-3-6-10-20)27(35)33-16-22-13-14-24(15-23(22)17-33)31-26(34)21-11-7-4-8-12-21/h3-15,25H,16-19,30H2,1-2H3,(H,31,34)(H,32,36)/t25-/m1/s1. The third kappa shape index (κ3) is 6.81. The maximum atomic E-state index is 13.5. The predicted octanol–water partition coefficient (Wildman–Crippen LogP) is 3.22. The SMILES string of the molecule is CC(C)(N)C(=O)N[C@H](COCc1ccccc1)C(=O)N1Cc2ccc(NC(=O)c3ccccc3)cc2C1. The van der Waals surface area contributed by atoms with Crippen LogP contribution in [-0.2, 0) is 34.0 Å². The monoisotopic (exact) mass is 500 g/mol. The third-order valence-corrected chi connectivity index (χ3v) is 6.12. The number of hydrogen-bond acceptors (Lipinski definition) is 5. The van der Waals surface area contributed by atoms with Crippen LogP contribution in [0, 0.1) is 0 Å². The molecule has 192 valence electrons. The van der Waals surface area contributed by atoms with Crippen molar-refractivity contribution < 1.29 is 19.1 Å². The fourth-order valence-corrected chi connectivity index (χ4v) is 4.03. The lowest BCUT2D eigenvalue weighted by atomic mass is 10.1. The van der Waals surface area contributed by atoms with Crippen LogP contribution in [0.1, 0.15) is 40.9 Å². The first-order chi connectivity index (χ1) is 17.7. The molecule has 4 N–H and O–H groups in total. The first-order valence-corrected chi connectivity index (χ1v) is 12.2. The van der Waals surface area contributed by atoms with Crippen LogP contribution < -0.4 is 16.4 Å². The molecule has 0 spiro atoms. The van der Waals surface area contributed by atoms with E-state index in [1.807, 2.05) is 66.7 Å². The van der Waals surface area contributed by atoms with Crippen LogP contribution in [0.3, 0.4) is 0 Å². The molecule has 0 unspecified atom stereocenters. The molecular weight excluding hydrogens is 468 g/mol. The van der Waals surface area contributed by atoms with Crippen LogP contribution >= 0.6 is 0 Å². The molecule has 0 radical (unpaired) electrons. The highest BCUT2D eigenvalue weighted by molar-refractivity contribution is 6.04. The van der Waals surface area contributed by atoms with E-state index in [-0.39, 0.29) is 18.4 Å². The lowest BCUT2D eigenvalue weighted by Gasteiger charge is -2.27. The Bertz CT molecular complexity index is 1260. The summed E-state index contributed by atoms with van der Waals surface area (Å²) in [4.78, 5) is 40.3. The van der Waals surface area contributed by atoms with E-state index in [2.05, 4.69) is 10.6 Å². The number of ether oxygens (including phenoxy) is 1. The number of nitrogens with two attached hydrogens (primary N) is 1. The normalized spacial score (nSPS) is 13.5. The van der Waals surface area contributed by atoms with Crippen molar-refractivity contribution in [1.82, 2.24) is 10.2 Å². The van der Waals surface area contributed by atoms with Crippen LogP contribution in [0.5, 0.6) is 0 Å². The van der Waals surface area contributed by atoms with Gasteiger partial charge in [-0.1, -0.05) is 54.6 Å². The fourth-order valence-electron chi connectivity index (χ4n) is 4.03. The largest absolute Gasteiger partial charge is 0.374 e. The zero-order valence-corrected chi connectivity index (χ0v) is 21.1. The van der Waals surface area contributed by atoms with Crippen molar-refractivity contribution >= 4 is 23.4 Å². The Labute approximate surface area is 216 Å².